The second kappa shape index (κ2) is 5.46. The molecule has 2 N–H and O–H groups in total. The molecule has 1 fully saturated rings. The summed E-state index contributed by atoms with van der Waals surface area (Å²) in [5.41, 5.74) is 0.686. The third-order valence-corrected chi connectivity index (χ3v) is 6.27. The molecule has 21 heavy (non-hydrogen) atoms. The molecule has 4 atom stereocenters. The molecule has 2 aliphatic carbocycles. The molecule has 4 unspecified atom stereocenters. The Bertz CT molecular complexity index is 654. The summed E-state index contributed by atoms with van der Waals surface area (Å²) in [6, 6.07) is 7.36. The highest BCUT2D eigenvalue weighted by Gasteiger charge is 2.38. The van der Waals surface area contributed by atoms with Gasteiger partial charge in [-0.3, -0.25) is 0 Å². The lowest BCUT2D eigenvalue weighted by Gasteiger charge is -2.27. The molecule has 2 bridgehead atoms. The van der Waals surface area contributed by atoms with E-state index in [2.05, 4.69) is 29.1 Å². The van der Waals surface area contributed by atoms with Gasteiger partial charge < -0.3 is 5.32 Å². The van der Waals surface area contributed by atoms with Crippen molar-refractivity contribution in [2.45, 2.75) is 30.7 Å². The lowest BCUT2D eigenvalue weighted by molar-refractivity contribution is 0.399. The van der Waals surface area contributed by atoms with Gasteiger partial charge in [-0.25, -0.2) is 13.1 Å². The maximum absolute atomic E-state index is 12.1. The van der Waals surface area contributed by atoms with Gasteiger partial charge in [0, 0.05) is 6.04 Å². The van der Waals surface area contributed by atoms with Crippen molar-refractivity contribution in [3.05, 3.63) is 36.4 Å². The van der Waals surface area contributed by atoms with Gasteiger partial charge >= 0.3 is 0 Å². The van der Waals surface area contributed by atoms with Crippen molar-refractivity contribution in [1.29, 1.82) is 0 Å². The van der Waals surface area contributed by atoms with Crippen molar-refractivity contribution in [3.63, 3.8) is 0 Å². The number of benzene rings is 1. The summed E-state index contributed by atoms with van der Waals surface area (Å²) in [5, 5.41) is 3.42. The number of hydrogen-bond donors (Lipinski definition) is 2. The van der Waals surface area contributed by atoms with Gasteiger partial charge in [-0.1, -0.05) is 24.3 Å². The van der Waals surface area contributed by atoms with Gasteiger partial charge in [0.05, 0.1) is 5.69 Å². The van der Waals surface area contributed by atoms with Crippen molar-refractivity contribution in [1.82, 2.24) is 4.72 Å². The number of sulfonamides is 1. The second-order valence-electron chi connectivity index (χ2n) is 6.08. The Morgan fingerprint density at radius 3 is 2.57 bits per heavy atom. The minimum atomic E-state index is -3.43. The average molecular weight is 306 g/mol. The highest BCUT2D eigenvalue weighted by atomic mass is 32.2. The zero-order valence-electron chi connectivity index (χ0n) is 12.4. The molecule has 1 aromatic rings. The van der Waals surface area contributed by atoms with Gasteiger partial charge in [-0.05, 0) is 56.7 Å². The Hall–Kier alpha value is -1.33. The topological polar surface area (TPSA) is 58.2 Å². The Balaban J connectivity index is 1.81. The number of nitrogens with one attached hydrogen (secondary N) is 2. The Kier molecular flexibility index (Phi) is 3.80. The third-order valence-electron chi connectivity index (χ3n) is 4.80. The molecular formula is C16H22N2O2S. The van der Waals surface area contributed by atoms with Crippen LogP contribution in [0.3, 0.4) is 0 Å². The first-order valence-corrected chi connectivity index (χ1v) is 8.97. The van der Waals surface area contributed by atoms with E-state index in [1.165, 1.54) is 19.9 Å². The normalized spacial score (nSPS) is 28.8. The van der Waals surface area contributed by atoms with Crippen molar-refractivity contribution < 1.29 is 8.42 Å². The molecule has 3 rings (SSSR count). The van der Waals surface area contributed by atoms with Crippen LogP contribution in [0.4, 0.5) is 5.69 Å². The first-order valence-electron chi connectivity index (χ1n) is 7.48. The van der Waals surface area contributed by atoms with Crippen LogP contribution in [0.2, 0.25) is 0 Å². The maximum atomic E-state index is 12.1. The highest BCUT2D eigenvalue weighted by molar-refractivity contribution is 7.89. The van der Waals surface area contributed by atoms with Crippen molar-refractivity contribution in [3.8, 4) is 0 Å². The Labute approximate surface area is 126 Å². The summed E-state index contributed by atoms with van der Waals surface area (Å²) in [6.45, 7) is 2.15. The minimum Gasteiger partial charge on any atom is -0.381 e. The van der Waals surface area contributed by atoms with Crippen LogP contribution in [0.1, 0.15) is 19.8 Å². The summed E-state index contributed by atoms with van der Waals surface area (Å²) in [4.78, 5) is 0.318. The molecule has 0 saturated heterocycles. The van der Waals surface area contributed by atoms with Crippen molar-refractivity contribution in [2.24, 2.45) is 17.8 Å². The van der Waals surface area contributed by atoms with E-state index < -0.39 is 10.0 Å². The van der Waals surface area contributed by atoms with E-state index in [1.54, 1.807) is 12.1 Å². The molecule has 5 heteroatoms. The number of fused-ring (bicyclic) bond motifs is 2. The average Bonchev–Trinajstić information content (AvgIpc) is 3.10. The van der Waals surface area contributed by atoms with E-state index in [1.807, 2.05) is 12.1 Å². The van der Waals surface area contributed by atoms with Crippen molar-refractivity contribution in [2.75, 3.05) is 12.4 Å². The van der Waals surface area contributed by atoms with Crippen LogP contribution in [0, 0.1) is 17.8 Å². The molecule has 1 aromatic carbocycles. The first-order chi connectivity index (χ1) is 10.0. The third kappa shape index (κ3) is 2.72. The SMILES string of the molecule is CNS(=O)(=O)c1ccccc1NC(C)C1CC2C=CC1C2. The van der Waals surface area contributed by atoms with Gasteiger partial charge in [0.2, 0.25) is 10.0 Å². The minimum absolute atomic E-state index is 0.262. The number of rotatable bonds is 5. The second-order valence-corrected chi connectivity index (χ2v) is 7.94. The van der Waals surface area contributed by atoms with Gasteiger partial charge in [0.25, 0.3) is 0 Å². The summed E-state index contributed by atoms with van der Waals surface area (Å²) >= 11 is 0. The molecule has 0 spiro atoms. The number of hydrogen-bond acceptors (Lipinski definition) is 3. The summed E-state index contributed by atoms with van der Waals surface area (Å²) < 4.78 is 26.6. The van der Waals surface area contributed by atoms with Gasteiger partial charge in [-0.15, -0.1) is 0 Å². The van der Waals surface area contributed by atoms with E-state index in [-0.39, 0.29) is 6.04 Å². The van der Waals surface area contributed by atoms with E-state index in [4.69, 9.17) is 0 Å². The van der Waals surface area contributed by atoms with E-state index in [9.17, 15) is 8.42 Å². The maximum Gasteiger partial charge on any atom is 0.242 e. The number of anilines is 1. The molecule has 0 aromatic heterocycles. The van der Waals surface area contributed by atoms with Gasteiger partial charge in [-0.2, -0.15) is 0 Å². The Morgan fingerprint density at radius 2 is 1.95 bits per heavy atom. The standard InChI is InChI=1S/C16H22N2O2S/c1-11(14-10-12-7-8-13(14)9-12)18-15-5-3-4-6-16(15)21(19,20)17-2/h3-8,11-14,17-18H,9-10H2,1-2H3. The molecule has 0 amide bonds. The fraction of sp³-hybridized carbons (Fsp3) is 0.500. The number of allylic oxidation sites excluding steroid dienone is 2. The lowest BCUT2D eigenvalue weighted by Crippen LogP contribution is -2.30. The van der Waals surface area contributed by atoms with Crippen LogP contribution in [0.5, 0.6) is 0 Å². The van der Waals surface area contributed by atoms with Gasteiger partial charge in [0.15, 0.2) is 0 Å². The zero-order chi connectivity index (χ0) is 15.0. The molecule has 0 radical (unpaired) electrons. The first kappa shape index (κ1) is 14.6. The predicted molar refractivity (Wildman–Crippen MR) is 84.6 cm³/mol. The predicted octanol–water partition coefficient (Wildman–Crippen LogP) is 2.61. The van der Waals surface area contributed by atoms with E-state index in [0.717, 1.165) is 5.92 Å². The fourth-order valence-corrected chi connectivity index (χ4v) is 4.57. The van der Waals surface area contributed by atoms with E-state index >= 15 is 0 Å². The van der Waals surface area contributed by atoms with Crippen LogP contribution < -0.4 is 10.0 Å². The molecule has 114 valence electrons. The van der Waals surface area contributed by atoms with Crippen LogP contribution in [0.25, 0.3) is 0 Å². The lowest BCUT2D eigenvalue weighted by atomic mass is 9.87. The van der Waals surface area contributed by atoms with Crippen LogP contribution in [-0.4, -0.2) is 21.5 Å². The summed E-state index contributed by atoms with van der Waals surface area (Å²) in [5.74, 6) is 1.96. The van der Waals surface area contributed by atoms with Crippen LogP contribution in [0.15, 0.2) is 41.3 Å². The fourth-order valence-electron chi connectivity index (χ4n) is 3.68. The van der Waals surface area contributed by atoms with E-state index in [0.29, 0.717) is 22.4 Å². The molecule has 1 saturated carbocycles. The van der Waals surface area contributed by atoms with Crippen LogP contribution >= 0.6 is 0 Å². The Morgan fingerprint density at radius 1 is 1.19 bits per heavy atom. The summed E-state index contributed by atoms with van der Waals surface area (Å²) in [7, 11) is -1.99. The quantitative estimate of drug-likeness (QED) is 0.822. The summed E-state index contributed by atoms with van der Waals surface area (Å²) in [6.07, 6.45) is 7.12. The molecule has 0 aliphatic heterocycles. The molecule has 2 aliphatic rings. The molecular weight excluding hydrogens is 284 g/mol. The van der Waals surface area contributed by atoms with Gasteiger partial charge in [0.1, 0.15) is 4.90 Å². The van der Waals surface area contributed by atoms with Crippen LogP contribution in [-0.2, 0) is 10.0 Å². The smallest absolute Gasteiger partial charge is 0.242 e. The monoisotopic (exact) mass is 306 g/mol. The zero-order valence-corrected chi connectivity index (χ0v) is 13.2. The molecule has 4 nitrogen and oxygen atoms in total. The number of para-hydroxylation sites is 1. The molecule has 0 heterocycles. The largest absolute Gasteiger partial charge is 0.381 e. The highest BCUT2D eigenvalue weighted by Crippen LogP contribution is 2.45. The van der Waals surface area contributed by atoms with Crippen molar-refractivity contribution >= 4 is 15.7 Å².